The largest absolute Gasteiger partial charge is 0.493 e. The molecule has 7 nitrogen and oxygen atoms in total. The average molecular weight is 415 g/mol. The minimum atomic E-state index is -0.640. The Labute approximate surface area is 176 Å². The van der Waals surface area contributed by atoms with Gasteiger partial charge in [-0.2, -0.15) is 0 Å². The van der Waals surface area contributed by atoms with Gasteiger partial charge in [0.15, 0.2) is 11.5 Å². The Bertz CT molecular complexity index is 991. The molecule has 0 radical (unpaired) electrons. The van der Waals surface area contributed by atoms with Crippen LogP contribution in [-0.4, -0.2) is 41.4 Å². The van der Waals surface area contributed by atoms with E-state index in [0.717, 1.165) is 56.8 Å². The van der Waals surface area contributed by atoms with Crippen molar-refractivity contribution in [2.75, 3.05) is 20.3 Å². The number of methoxy groups -OCH3 is 1. The van der Waals surface area contributed by atoms with Gasteiger partial charge < -0.3 is 24.5 Å². The highest BCUT2D eigenvalue weighted by Gasteiger charge is 2.34. The molecule has 1 aromatic heterocycles. The Hall–Kier alpha value is -2.54. The normalized spacial score (nSPS) is 18.6. The number of hydrogen-bond donors (Lipinski definition) is 2. The maximum Gasteiger partial charge on any atom is 0.264 e. The predicted molar refractivity (Wildman–Crippen MR) is 114 cm³/mol. The van der Waals surface area contributed by atoms with Crippen molar-refractivity contribution in [3.8, 4) is 11.5 Å². The molecule has 0 unspecified atom stereocenters. The van der Waals surface area contributed by atoms with Crippen LogP contribution in [0.5, 0.6) is 11.5 Å². The van der Waals surface area contributed by atoms with Crippen LogP contribution in [0.3, 0.4) is 0 Å². The Balaban J connectivity index is 1.81. The van der Waals surface area contributed by atoms with E-state index in [2.05, 4.69) is 5.32 Å². The molecule has 0 spiro atoms. The zero-order chi connectivity index (χ0) is 21.1. The summed E-state index contributed by atoms with van der Waals surface area (Å²) >= 11 is 0. The number of nitrogens with zero attached hydrogens (tertiary/aromatic N) is 1. The van der Waals surface area contributed by atoms with Gasteiger partial charge in [-0.1, -0.05) is 19.3 Å². The number of pyridine rings is 1. The van der Waals surface area contributed by atoms with E-state index in [4.69, 9.17) is 9.47 Å². The molecule has 1 aliphatic carbocycles. The van der Waals surface area contributed by atoms with E-state index >= 15 is 0 Å². The number of aryl methyl sites for hydroxylation is 1. The number of aliphatic hydroxyl groups is 1. The Morgan fingerprint density at radius 1 is 1.20 bits per heavy atom. The van der Waals surface area contributed by atoms with E-state index in [1.54, 1.807) is 17.7 Å². The van der Waals surface area contributed by atoms with Gasteiger partial charge in [0, 0.05) is 11.9 Å². The summed E-state index contributed by atoms with van der Waals surface area (Å²) in [5, 5.41) is 13.7. The van der Waals surface area contributed by atoms with Crippen LogP contribution in [0.15, 0.2) is 23.0 Å². The summed E-state index contributed by atoms with van der Waals surface area (Å²) in [7, 11) is 1.58. The van der Waals surface area contributed by atoms with Crippen molar-refractivity contribution >= 4 is 16.8 Å². The van der Waals surface area contributed by atoms with E-state index in [-0.39, 0.29) is 17.7 Å². The molecular weight excluding hydrogens is 384 g/mol. The number of benzene rings is 1. The smallest absolute Gasteiger partial charge is 0.264 e. The third kappa shape index (κ3) is 3.78. The fourth-order valence-corrected chi connectivity index (χ4v) is 4.69. The number of hydrogen-bond acceptors (Lipinski definition) is 5. The topological polar surface area (TPSA) is 89.8 Å². The molecule has 1 saturated carbocycles. The van der Waals surface area contributed by atoms with E-state index < -0.39 is 11.4 Å². The van der Waals surface area contributed by atoms with Crippen molar-refractivity contribution in [3.63, 3.8) is 0 Å². The maximum atomic E-state index is 13.4. The Morgan fingerprint density at radius 2 is 1.97 bits per heavy atom. The number of carbonyl (C=O) groups is 1. The summed E-state index contributed by atoms with van der Waals surface area (Å²) in [6.07, 6.45) is 7.15. The zero-order valence-electron chi connectivity index (χ0n) is 17.5. The molecule has 1 fully saturated rings. The van der Waals surface area contributed by atoms with Crippen molar-refractivity contribution in [3.05, 3.63) is 34.1 Å². The highest BCUT2D eigenvalue weighted by Crippen LogP contribution is 2.36. The summed E-state index contributed by atoms with van der Waals surface area (Å²) < 4.78 is 13.1. The van der Waals surface area contributed by atoms with E-state index in [1.807, 2.05) is 12.1 Å². The number of ether oxygens (including phenoxy) is 2. The van der Waals surface area contributed by atoms with Crippen LogP contribution in [0.4, 0.5) is 0 Å². The first-order valence-electron chi connectivity index (χ1n) is 10.9. The van der Waals surface area contributed by atoms with Crippen molar-refractivity contribution in [2.45, 2.75) is 63.5 Å². The lowest BCUT2D eigenvalue weighted by Crippen LogP contribution is -2.53. The SMILES string of the molecule is COc1ccc2cc(C(=O)NC3(CO)CCCCC3)c(=O)n3c2c1OCCCCC3. The highest BCUT2D eigenvalue weighted by atomic mass is 16.5. The standard InChI is InChI=1S/C23H30N2O5/c1-29-18-9-8-16-14-17(21(27)24-23(15-26)10-4-2-5-11-23)22(28)25-12-6-3-7-13-30-20(18)19(16)25/h8-9,14,26H,2-7,10-13,15H2,1H3,(H,24,27). The van der Waals surface area contributed by atoms with Crippen molar-refractivity contribution in [1.82, 2.24) is 9.88 Å². The van der Waals surface area contributed by atoms with E-state index in [9.17, 15) is 14.7 Å². The number of nitrogens with one attached hydrogen (secondary N) is 1. The monoisotopic (exact) mass is 414 g/mol. The van der Waals surface area contributed by atoms with Crippen LogP contribution in [-0.2, 0) is 6.54 Å². The maximum absolute atomic E-state index is 13.4. The second kappa shape index (κ2) is 8.68. The minimum absolute atomic E-state index is 0.108. The number of aliphatic hydroxyl groups excluding tert-OH is 1. The van der Waals surface area contributed by atoms with Crippen LogP contribution in [0.1, 0.15) is 61.7 Å². The number of rotatable bonds is 4. The number of carbonyl (C=O) groups excluding carboxylic acids is 1. The van der Waals surface area contributed by atoms with Crippen molar-refractivity contribution in [2.24, 2.45) is 0 Å². The molecular formula is C23H30N2O5. The van der Waals surface area contributed by atoms with Crippen molar-refractivity contribution < 1.29 is 19.4 Å². The molecule has 7 heteroatoms. The third-order valence-electron chi connectivity index (χ3n) is 6.40. The van der Waals surface area contributed by atoms with E-state index in [0.29, 0.717) is 30.2 Å². The summed E-state index contributed by atoms with van der Waals surface area (Å²) in [5.74, 6) is 0.719. The Morgan fingerprint density at radius 3 is 2.70 bits per heavy atom. The molecule has 4 rings (SSSR count). The average Bonchev–Trinajstić information content (AvgIpc) is 2.88. The zero-order valence-corrected chi connectivity index (χ0v) is 17.5. The predicted octanol–water partition coefficient (Wildman–Crippen LogP) is 3.00. The van der Waals surface area contributed by atoms with Gasteiger partial charge in [-0.25, -0.2) is 0 Å². The molecule has 0 atom stereocenters. The second-order valence-electron chi connectivity index (χ2n) is 8.41. The second-order valence-corrected chi connectivity index (χ2v) is 8.41. The first-order chi connectivity index (χ1) is 14.6. The first-order valence-corrected chi connectivity index (χ1v) is 10.9. The lowest BCUT2D eigenvalue weighted by atomic mass is 9.82. The molecule has 2 heterocycles. The first kappa shape index (κ1) is 20.7. The highest BCUT2D eigenvalue weighted by molar-refractivity contribution is 5.99. The molecule has 0 bridgehead atoms. The van der Waals surface area contributed by atoms with Crippen LogP contribution in [0.25, 0.3) is 10.9 Å². The summed E-state index contributed by atoms with van der Waals surface area (Å²) in [6.45, 7) is 0.964. The van der Waals surface area contributed by atoms with Crippen LogP contribution < -0.4 is 20.3 Å². The molecule has 2 N–H and O–H groups in total. The lowest BCUT2D eigenvalue weighted by molar-refractivity contribution is 0.0757. The van der Waals surface area contributed by atoms with Crippen LogP contribution in [0, 0.1) is 0 Å². The van der Waals surface area contributed by atoms with Gasteiger partial charge in [0.05, 0.1) is 31.4 Å². The van der Waals surface area contributed by atoms with E-state index in [1.165, 1.54) is 0 Å². The molecule has 1 aromatic carbocycles. The van der Waals surface area contributed by atoms with Crippen LogP contribution >= 0.6 is 0 Å². The summed E-state index contributed by atoms with van der Waals surface area (Å²) in [6, 6.07) is 5.30. The van der Waals surface area contributed by atoms with Gasteiger partial charge in [-0.05, 0) is 50.3 Å². The quantitative estimate of drug-likeness (QED) is 0.803. The molecule has 2 aromatic rings. The van der Waals surface area contributed by atoms with Gasteiger partial charge in [-0.15, -0.1) is 0 Å². The van der Waals surface area contributed by atoms with Gasteiger partial charge in [0.2, 0.25) is 0 Å². The number of amides is 1. The fraction of sp³-hybridized carbons (Fsp3) is 0.565. The third-order valence-corrected chi connectivity index (χ3v) is 6.40. The number of aromatic nitrogens is 1. The van der Waals surface area contributed by atoms with Gasteiger partial charge in [0.1, 0.15) is 5.56 Å². The van der Waals surface area contributed by atoms with Gasteiger partial charge in [-0.3, -0.25) is 9.59 Å². The van der Waals surface area contributed by atoms with Crippen molar-refractivity contribution in [1.29, 1.82) is 0 Å². The lowest BCUT2D eigenvalue weighted by Gasteiger charge is -2.36. The summed E-state index contributed by atoms with van der Waals surface area (Å²) in [4.78, 5) is 26.6. The van der Waals surface area contributed by atoms with Crippen LogP contribution in [0.2, 0.25) is 0 Å². The summed E-state index contributed by atoms with van der Waals surface area (Å²) in [5.41, 5.74) is -0.189. The molecule has 162 valence electrons. The molecule has 2 aliphatic rings. The fourth-order valence-electron chi connectivity index (χ4n) is 4.69. The minimum Gasteiger partial charge on any atom is -0.493 e. The Kier molecular flexibility index (Phi) is 5.99. The molecule has 0 saturated heterocycles. The van der Waals surface area contributed by atoms with Gasteiger partial charge in [0.25, 0.3) is 11.5 Å². The van der Waals surface area contributed by atoms with Gasteiger partial charge >= 0.3 is 0 Å². The molecule has 1 amide bonds. The molecule has 1 aliphatic heterocycles. The molecule has 30 heavy (non-hydrogen) atoms.